The predicted molar refractivity (Wildman–Crippen MR) is 104 cm³/mol. The molecule has 2 aromatic rings. The second-order valence-electron chi connectivity index (χ2n) is 6.94. The van der Waals surface area contributed by atoms with Crippen molar-refractivity contribution < 1.29 is 0 Å². The Morgan fingerprint density at radius 3 is 2.21 bits per heavy atom. The van der Waals surface area contributed by atoms with Crippen molar-refractivity contribution in [2.45, 2.75) is 33.4 Å². The van der Waals surface area contributed by atoms with E-state index in [1.54, 1.807) is 0 Å². The van der Waals surface area contributed by atoms with Gasteiger partial charge in [0, 0.05) is 50.1 Å². The molecular weight excluding hydrogens is 294 g/mol. The highest BCUT2D eigenvalue weighted by Crippen LogP contribution is 2.21. The van der Waals surface area contributed by atoms with Crippen molar-refractivity contribution in [2.75, 3.05) is 36.4 Å². The van der Waals surface area contributed by atoms with Crippen molar-refractivity contribution >= 4 is 11.4 Å². The molecule has 128 valence electrons. The normalized spacial score (nSPS) is 15.8. The number of hydrogen-bond donors (Lipinski definition) is 1. The summed E-state index contributed by atoms with van der Waals surface area (Å²) in [5.41, 5.74) is 5.21. The third-order valence-corrected chi connectivity index (χ3v) is 5.02. The van der Waals surface area contributed by atoms with Crippen molar-refractivity contribution in [2.24, 2.45) is 0 Å². The van der Waals surface area contributed by atoms with Crippen LogP contribution in [0.4, 0.5) is 11.4 Å². The Bertz CT molecular complexity index is 640. The van der Waals surface area contributed by atoms with Crippen LogP contribution in [0.5, 0.6) is 0 Å². The van der Waals surface area contributed by atoms with Gasteiger partial charge in [-0.2, -0.15) is 0 Å². The maximum Gasteiger partial charge on any atom is 0.0403 e. The standard InChI is InChI=1S/C21H29N3/c1-17(2)23-12-14-24(15-13-23)21-10-8-20(9-11-21)22-16-19-7-5-4-6-18(19)3/h4-11,17,22H,12-16H2,1-3H3. The van der Waals surface area contributed by atoms with E-state index in [0.29, 0.717) is 6.04 Å². The zero-order valence-electron chi connectivity index (χ0n) is 15.1. The van der Waals surface area contributed by atoms with Crippen LogP contribution in [0.25, 0.3) is 0 Å². The minimum Gasteiger partial charge on any atom is -0.381 e. The Hall–Kier alpha value is -2.00. The van der Waals surface area contributed by atoms with Crippen LogP contribution in [-0.2, 0) is 6.54 Å². The van der Waals surface area contributed by atoms with E-state index < -0.39 is 0 Å². The van der Waals surface area contributed by atoms with Gasteiger partial charge < -0.3 is 10.2 Å². The number of benzene rings is 2. The molecule has 0 aliphatic carbocycles. The Kier molecular flexibility index (Phi) is 5.41. The van der Waals surface area contributed by atoms with Gasteiger partial charge in [-0.05, 0) is 56.2 Å². The molecule has 1 saturated heterocycles. The number of rotatable bonds is 5. The third-order valence-electron chi connectivity index (χ3n) is 5.02. The Morgan fingerprint density at radius 2 is 1.58 bits per heavy atom. The highest BCUT2D eigenvalue weighted by atomic mass is 15.3. The first-order valence-electron chi connectivity index (χ1n) is 9.01. The fourth-order valence-corrected chi connectivity index (χ4v) is 3.29. The first kappa shape index (κ1) is 16.8. The summed E-state index contributed by atoms with van der Waals surface area (Å²) in [4.78, 5) is 5.04. The molecule has 3 heteroatoms. The summed E-state index contributed by atoms with van der Waals surface area (Å²) in [5.74, 6) is 0. The van der Waals surface area contributed by atoms with Gasteiger partial charge in [0.2, 0.25) is 0 Å². The largest absolute Gasteiger partial charge is 0.381 e. The molecule has 1 heterocycles. The topological polar surface area (TPSA) is 18.5 Å². The molecule has 1 N–H and O–H groups in total. The predicted octanol–water partition coefficient (Wildman–Crippen LogP) is 4.14. The molecule has 1 aliphatic heterocycles. The molecule has 2 aromatic carbocycles. The summed E-state index contributed by atoms with van der Waals surface area (Å²) in [7, 11) is 0. The molecule has 0 unspecified atom stereocenters. The second-order valence-corrected chi connectivity index (χ2v) is 6.94. The fraction of sp³-hybridized carbons (Fsp3) is 0.429. The average Bonchev–Trinajstić information content (AvgIpc) is 2.62. The van der Waals surface area contributed by atoms with Gasteiger partial charge in [0.1, 0.15) is 0 Å². The molecule has 0 spiro atoms. The maximum atomic E-state index is 3.53. The van der Waals surface area contributed by atoms with Crippen molar-refractivity contribution in [3.63, 3.8) is 0 Å². The zero-order chi connectivity index (χ0) is 16.9. The molecule has 0 saturated carbocycles. The fourth-order valence-electron chi connectivity index (χ4n) is 3.29. The van der Waals surface area contributed by atoms with E-state index in [1.807, 2.05) is 0 Å². The quantitative estimate of drug-likeness (QED) is 0.892. The first-order valence-corrected chi connectivity index (χ1v) is 9.01. The van der Waals surface area contributed by atoms with Crippen molar-refractivity contribution in [3.8, 4) is 0 Å². The lowest BCUT2D eigenvalue weighted by atomic mass is 10.1. The van der Waals surface area contributed by atoms with Gasteiger partial charge in [-0.3, -0.25) is 4.90 Å². The molecule has 0 amide bonds. The van der Waals surface area contributed by atoms with Crippen molar-refractivity contribution in [3.05, 3.63) is 59.7 Å². The minimum atomic E-state index is 0.653. The van der Waals surface area contributed by atoms with Gasteiger partial charge in [-0.15, -0.1) is 0 Å². The van der Waals surface area contributed by atoms with Crippen LogP contribution in [-0.4, -0.2) is 37.1 Å². The van der Waals surface area contributed by atoms with Crippen LogP contribution < -0.4 is 10.2 Å². The van der Waals surface area contributed by atoms with Gasteiger partial charge in [-0.25, -0.2) is 0 Å². The van der Waals surface area contributed by atoms with E-state index in [1.165, 1.54) is 22.5 Å². The van der Waals surface area contributed by atoms with E-state index >= 15 is 0 Å². The molecule has 0 aromatic heterocycles. The summed E-state index contributed by atoms with van der Waals surface area (Å²) >= 11 is 0. The van der Waals surface area contributed by atoms with E-state index in [9.17, 15) is 0 Å². The molecule has 0 atom stereocenters. The summed E-state index contributed by atoms with van der Waals surface area (Å²) in [6.45, 7) is 12.2. The Balaban J connectivity index is 1.55. The molecule has 0 bridgehead atoms. The van der Waals surface area contributed by atoms with E-state index in [2.05, 4.69) is 84.4 Å². The van der Waals surface area contributed by atoms with Crippen LogP contribution in [0.2, 0.25) is 0 Å². The summed E-state index contributed by atoms with van der Waals surface area (Å²) in [5, 5.41) is 3.53. The lowest BCUT2D eigenvalue weighted by Gasteiger charge is -2.38. The third kappa shape index (κ3) is 4.09. The van der Waals surface area contributed by atoms with Crippen molar-refractivity contribution in [1.82, 2.24) is 4.90 Å². The summed E-state index contributed by atoms with van der Waals surface area (Å²) < 4.78 is 0. The van der Waals surface area contributed by atoms with Crippen LogP contribution in [0.1, 0.15) is 25.0 Å². The average molecular weight is 323 g/mol. The number of piperazine rings is 1. The molecule has 1 fully saturated rings. The highest BCUT2D eigenvalue weighted by molar-refractivity contribution is 5.55. The first-order chi connectivity index (χ1) is 11.6. The second kappa shape index (κ2) is 7.71. The zero-order valence-corrected chi connectivity index (χ0v) is 15.1. The number of hydrogen-bond acceptors (Lipinski definition) is 3. The molecule has 1 aliphatic rings. The van der Waals surface area contributed by atoms with Gasteiger partial charge in [-0.1, -0.05) is 24.3 Å². The van der Waals surface area contributed by atoms with Crippen LogP contribution in [0.15, 0.2) is 48.5 Å². The van der Waals surface area contributed by atoms with Gasteiger partial charge in [0.05, 0.1) is 0 Å². The molecule has 0 radical (unpaired) electrons. The molecular formula is C21H29N3. The van der Waals surface area contributed by atoms with Gasteiger partial charge in [0.15, 0.2) is 0 Å². The Morgan fingerprint density at radius 1 is 0.917 bits per heavy atom. The van der Waals surface area contributed by atoms with E-state index in [-0.39, 0.29) is 0 Å². The Labute approximate surface area is 146 Å². The van der Waals surface area contributed by atoms with Gasteiger partial charge in [0.25, 0.3) is 0 Å². The van der Waals surface area contributed by atoms with E-state index in [0.717, 1.165) is 32.7 Å². The number of anilines is 2. The highest BCUT2D eigenvalue weighted by Gasteiger charge is 2.18. The lowest BCUT2D eigenvalue weighted by Crippen LogP contribution is -2.48. The van der Waals surface area contributed by atoms with Crippen LogP contribution >= 0.6 is 0 Å². The van der Waals surface area contributed by atoms with Crippen molar-refractivity contribution in [1.29, 1.82) is 0 Å². The molecule has 24 heavy (non-hydrogen) atoms. The SMILES string of the molecule is Cc1ccccc1CNc1ccc(N2CCN(C(C)C)CC2)cc1. The number of nitrogens with zero attached hydrogens (tertiary/aromatic N) is 2. The lowest BCUT2D eigenvalue weighted by molar-refractivity contribution is 0.209. The van der Waals surface area contributed by atoms with Crippen LogP contribution in [0, 0.1) is 6.92 Å². The number of aryl methyl sites for hydroxylation is 1. The minimum absolute atomic E-state index is 0.653. The monoisotopic (exact) mass is 323 g/mol. The van der Waals surface area contributed by atoms with E-state index in [4.69, 9.17) is 0 Å². The van der Waals surface area contributed by atoms with Crippen LogP contribution in [0.3, 0.4) is 0 Å². The summed E-state index contributed by atoms with van der Waals surface area (Å²) in [6, 6.07) is 18.1. The molecule has 3 nitrogen and oxygen atoms in total. The smallest absolute Gasteiger partial charge is 0.0403 e. The number of nitrogens with one attached hydrogen (secondary N) is 1. The maximum absolute atomic E-state index is 3.53. The van der Waals surface area contributed by atoms with Gasteiger partial charge >= 0.3 is 0 Å². The summed E-state index contributed by atoms with van der Waals surface area (Å²) in [6.07, 6.45) is 0. The molecule has 3 rings (SSSR count).